The molecule has 0 radical (unpaired) electrons. The average Bonchev–Trinajstić information content (AvgIpc) is 2.54. The van der Waals surface area contributed by atoms with Crippen molar-refractivity contribution >= 4 is 0 Å². The molecule has 3 rings (SSSR count). The Morgan fingerprint density at radius 1 is 0.545 bits per heavy atom. The maximum Gasteiger partial charge on any atom is 0.177 e. The Hall–Kier alpha value is -2.76. The maximum atomic E-state index is 12.8. The molecule has 1 aromatic heterocycles. The molecule has 0 fully saturated rings. The van der Waals surface area contributed by atoms with E-state index < -0.39 is 0 Å². The van der Waals surface area contributed by atoms with Crippen LogP contribution in [0.4, 0.5) is 8.78 Å². The molecule has 0 unspecified atom stereocenters. The number of nitrogens with zero attached hydrogens (tertiary/aromatic N) is 4. The molecule has 0 saturated carbocycles. The van der Waals surface area contributed by atoms with Crippen molar-refractivity contribution in [3.8, 4) is 0 Å². The third kappa shape index (κ3) is 3.66. The lowest BCUT2D eigenvalue weighted by molar-refractivity contribution is 0.626. The minimum atomic E-state index is -0.282. The van der Waals surface area contributed by atoms with E-state index in [1.54, 1.807) is 24.3 Å². The van der Waals surface area contributed by atoms with E-state index >= 15 is 0 Å². The molecule has 22 heavy (non-hydrogen) atoms. The summed E-state index contributed by atoms with van der Waals surface area (Å²) in [5, 5.41) is 16.1. The summed E-state index contributed by atoms with van der Waals surface area (Å²) < 4.78 is 25.7. The molecule has 0 spiro atoms. The molecule has 0 atom stereocenters. The highest BCUT2D eigenvalue weighted by molar-refractivity contribution is 5.20. The van der Waals surface area contributed by atoms with Crippen LogP contribution in [-0.4, -0.2) is 20.4 Å². The quantitative estimate of drug-likeness (QED) is 0.743. The molecule has 0 aliphatic carbocycles. The van der Waals surface area contributed by atoms with Crippen LogP contribution in [0, 0.1) is 11.6 Å². The van der Waals surface area contributed by atoms with E-state index in [4.69, 9.17) is 0 Å². The highest BCUT2D eigenvalue weighted by Gasteiger charge is 2.05. The smallest absolute Gasteiger partial charge is 0.177 e. The fourth-order valence-electron chi connectivity index (χ4n) is 1.98. The Morgan fingerprint density at radius 2 is 0.864 bits per heavy atom. The van der Waals surface area contributed by atoms with Crippen LogP contribution < -0.4 is 0 Å². The molecule has 2 aromatic carbocycles. The summed E-state index contributed by atoms with van der Waals surface area (Å²) in [7, 11) is 0. The largest absolute Gasteiger partial charge is 0.207 e. The van der Waals surface area contributed by atoms with E-state index in [2.05, 4.69) is 20.4 Å². The average molecular weight is 298 g/mol. The van der Waals surface area contributed by atoms with Crippen molar-refractivity contribution in [1.29, 1.82) is 0 Å². The molecule has 0 aliphatic rings. The molecular formula is C16H12F2N4. The lowest BCUT2D eigenvalue weighted by Gasteiger charge is -2.01. The van der Waals surface area contributed by atoms with Gasteiger partial charge in [0.25, 0.3) is 0 Å². The van der Waals surface area contributed by atoms with Gasteiger partial charge in [-0.15, -0.1) is 20.4 Å². The van der Waals surface area contributed by atoms with Crippen molar-refractivity contribution in [2.75, 3.05) is 0 Å². The summed E-state index contributed by atoms with van der Waals surface area (Å²) in [4.78, 5) is 0. The van der Waals surface area contributed by atoms with Crippen LogP contribution in [0.15, 0.2) is 48.5 Å². The zero-order chi connectivity index (χ0) is 15.4. The predicted octanol–water partition coefficient (Wildman–Crippen LogP) is 2.73. The van der Waals surface area contributed by atoms with Crippen LogP contribution >= 0.6 is 0 Å². The SMILES string of the molecule is Fc1ccc(Cc2nnc(Cc3ccc(F)cc3)nn2)cc1. The van der Waals surface area contributed by atoms with Gasteiger partial charge < -0.3 is 0 Å². The first-order valence-electron chi connectivity index (χ1n) is 6.73. The normalized spacial score (nSPS) is 10.6. The van der Waals surface area contributed by atoms with Gasteiger partial charge in [-0.2, -0.15) is 0 Å². The highest BCUT2D eigenvalue weighted by Crippen LogP contribution is 2.08. The zero-order valence-electron chi connectivity index (χ0n) is 11.6. The first-order valence-corrected chi connectivity index (χ1v) is 6.73. The molecule has 0 saturated heterocycles. The number of hydrogen-bond acceptors (Lipinski definition) is 4. The van der Waals surface area contributed by atoms with Gasteiger partial charge in [0.1, 0.15) is 11.6 Å². The summed E-state index contributed by atoms with van der Waals surface area (Å²) in [5.41, 5.74) is 1.77. The highest BCUT2D eigenvalue weighted by atomic mass is 19.1. The summed E-state index contributed by atoms with van der Waals surface area (Å²) in [5.74, 6) is 0.370. The van der Waals surface area contributed by atoms with Gasteiger partial charge in [0.15, 0.2) is 11.6 Å². The Balaban J connectivity index is 1.67. The Morgan fingerprint density at radius 3 is 1.18 bits per heavy atom. The van der Waals surface area contributed by atoms with Gasteiger partial charge >= 0.3 is 0 Å². The van der Waals surface area contributed by atoms with Gasteiger partial charge in [0, 0.05) is 12.8 Å². The second kappa shape index (κ2) is 6.34. The summed E-state index contributed by atoms with van der Waals surface area (Å²) in [6.07, 6.45) is 0.883. The lowest BCUT2D eigenvalue weighted by atomic mass is 10.1. The number of rotatable bonds is 4. The van der Waals surface area contributed by atoms with Crippen molar-refractivity contribution in [3.05, 3.63) is 82.9 Å². The number of aromatic nitrogens is 4. The topological polar surface area (TPSA) is 51.6 Å². The van der Waals surface area contributed by atoms with Gasteiger partial charge in [-0.05, 0) is 35.4 Å². The summed E-state index contributed by atoms with van der Waals surface area (Å²) in [6, 6.07) is 12.2. The fourth-order valence-corrected chi connectivity index (χ4v) is 1.98. The molecule has 6 heteroatoms. The van der Waals surface area contributed by atoms with Gasteiger partial charge in [0.05, 0.1) is 0 Å². The number of hydrogen-bond donors (Lipinski definition) is 0. The third-order valence-corrected chi connectivity index (χ3v) is 3.11. The van der Waals surface area contributed by atoms with E-state index in [0.717, 1.165) is 11.1 Å². The van der Waals surface area contributed by atoms with Crippen LogP contribution in [0.5, 0.6) is 0 Å². The van der Waals surface area contributed by atoms with E-state index in [0.29, 0.717) is 24.5 Å². The summed E-state index contributed by atoms with van der Waals surface area (Å²) >= 11 is 0. The van der Waals surface area contributed by atoms with Crippen molar-refractivity contribution in [2.24, 2.45) is 0 Å². The first-order chi connectivity index (χ1) is 10.7. The lowest BCUT2D eigenvalue weighted by Crippen LogP contribution is -2.06. The van der Waals surface area contributed by atoms with Gasteiger partial charge in [-0.1, -0.05) is 24.3 Å². The predicted molar refractivity (Wildman–Crippen MR) is 76.0 cm³/mol. The van der Waals surface area contributed by atoms with Crippen LogP contribution in [0.25, 0.3) is 0 Å². The van der Waals surface area contributed by atoms with Crippen LogP contribution in [0.3, 0.4) is 0 Å². The van der Waals surface area contributed by atoms with Crippen LogP contribution in [-0.2, 0) is 12.8 Å². The van der Waals surface area contributed by atoms with Gasteiger partial charge in [-0.3, -0.25) is 0 Å². The third-order valence-electron chi connectivity index (χ3n) is 3.11. The van der Waals surface area contributed by atoms with Crippen molar-refractivity contribution in [1.82, 2.24) is 20.4 Å². The molecule has 1 heterocycles. The maximum absolute atomic E-state index is 12.8. The minimum absolute atomic E-state index is 0.282. The molecule has 0 aliphatic heterocycles. The minimum Gasteiger partial charge on any atom is -0.207 e. The van der Waals surface area contributed by atoms with Crippen LogP contribution in [0.2, 0.25) is 0 Å². The molecule has 0 bridgehead atoms. The Labute approximate surface area is 125 Å². The number of halogens is 2. The molecule has 4 nitrogen and oxygen atoms in total. The molecule has 3 aromatic rings. The van der Waals surface area contributed by atoms with Gasteiger partial charge in [0.2, 0.25) is 0 Å². The standard InChI is InChI=1S/C16H12F2N4/c17-13-5-1-11(2-6-13)9-15-19-21-16(22-20-15)10-12-3-7-14(18)8-4-12/h1-8H,9-10H2. The first kappa shape index (κ1) is 14.2. The Bertz CT molecular complexity index is 674. The van der Waals surface area contributed by atoms with Crippen molar-refractivity contribution < 1.29 is 8.78 Å². The number of benzene rings is 2. The van der Waals surface area contributed by atoms with Gasteiger partial charge in [-0.25, -0.2) is 8.78 Å². The fraction of sp³-hybridized carbons (Fsp3) is 0.125. The van der Waals surface area contributed by atoms with Crippen molar-refractivity contribution in [3.63, 3.8) is 0 Å². The second-order valence-electron chi connectivity index (χ2n) is 4.84. The second-order valence-corrected chi connectivity index (χ2v) is 4.84. The van der Waals surface area contributed by atoms with E-state index in [9.17, 15) is 8.78 Å². The Kier molecular flexibility index (Phi) is 4.09. The summed E-state index contributed by atoms with van der Waals surface area (Å²) in [6.45, 7) is 0. The van der Waals surface area contributed by atoms with E-state index in [1.165, 1.54) is 24.3 Å². The van der Waals surface area contributed by atoms with E-state index in [1.807, 2.05) is 0 Å². The monoisotopic (exact) mass is 298 g/mol. The molecule has 0 N–H and O–H groups in total. The van der Waals surface area contributed by atoms with E-state index in [-0.39, 0.29) is 11.6 Å². The molecule has 0 amide bonds. The zero-order valence-corrected chi connectivity index (χ0v) is 11.6. The molecule has 110 valence electrons. The molecular weight excluding hydrogens is 286 g/mol. The van der Waals surface area contributed by atoms with Crippen LogP contribution in [0.1, 0.15) is 22.8 Å². The van der Waals surface area contributed by atoms with Crippen molar-refractivity contribution in [2.45, 2.75) is 12.8 Å².